The van der Waals surface area contributed by atoms with E-state index in [1.807, 2.05) is 6.07 Å². The minimum atomic E-state index is -0.442. The van der Waals surface area contributed by atoms with Crippen molar-refractivity contribution in [3.05, 3.63) is 57.5 Å². The molecule has 0 aromatic carbocycles. The van der Waals surface area contributed by atoms with Gasteiger partial charge in [-0.2, -0.15) is 0 Å². The molecule has 2 heterocycles. The summed E-state index contributed by atoms with van der Waals surface area (Å²) < 4.78 is 10.4. The van der Waals surface area contributed by atoms with E-state index in [1.165, 1.54) is 0 Å². The SMILES string of the molecule is O=c1oc2c(c(O)c1C/C=C/c1ccco1)CCC2. The Bertz CT molecular complexity index is 662. The Balaban J connectivity index is 1.87. The molecule has 3 rings (SSSR count). The Hall–Kier alpha value is -2.23. The van der Waals surface area contributed by atoms with Gasteiger partial charge in [0.05, 0.1) is 11.8 Å². The van der Waals surface area contributed by atoms with Crippen LogP contribution in [0.15, 0.2) is 38.1 Å². The number of fused-ring (bicyclic) bond motifs is 1. The van der Waals surface area contributed by atoms with Crippen LogP contribution in [0.2, 0.25) is 0 Å². The van der Waals surface area contributed by atoms with E-state index in [0.29, 0.717) is 23.5 Å². The molecule has 0 saturated heterocycles. The van der Waals surface area contributed by atoms with E-state index in [0.717, 1.165) is 24.8 Å². The average Bonchev–Trinajstić information content (AvgIpc) is 3.03. The lowest BCUT2D eigenvalue weighted by Crippen LogP contribution is -2.09. The first-order valence-corrected chi connectivity index (χ1v) is 6.32. The summed E-state index contributed by atoms with van der Waals surface area (Å²) in [7, 11) is 0. The number of aromatic hydroxyl groups is 1. The molecule has 0 spiro atoms. The maximum absolute atomic E-state index is 11.8. The fourth-order valence-corrected chi connectivity index (χ4v) is 2.39. The lowest BCUT2D eigenvalue weighted by Gasteiger charge is -2.05. The van der Waals surface area contributed by atoms with Gasteiger partial charge in [-0.3, -0.25) is 0 Å². The second-order valence-corrected chi connectivity index (χ2v) is 4.59. The zero-order valence-corrected chi connectivity index (χ0v) is 10.4. The summed E-state index contributed by atoms with van der Waals surface area (Å²) in [4.78, 5) is 11.8. The second-order valence-electron chi connectivity index (χ2n) is 4.59. The van der Waals surface area contributed by atoms with Gasteiger partial charge < -0.3 is 13.9 Å². The van der Waals surface area contributed by atoms with Crippen LogP contribution in [-0.4, -0.2) is 5.11 Å². The van der Waals surface area contributed by atoms with Crippen molar-refractivity contribution < 1.29 is 13.9 Å². The van der Waals surface area contributed by atoms with Crippen LogP contribution in [0.5, 0.6) is 5.75 Å². The predicted octanol–water partition coefficient (Wildman–Crippen LogP) is 2.68. The molecule has 0 amide bonds. The summed E-state index contributed by atoms with van der Waals surface area (Å²) in [6, 6.07) is 3.61. The molecule has 1 aliphatic carbocycles. The number of allylic oxidation sites excluding steroid dienone is 1. The zero-order chi connectivity index (χ0) is 13.2. The van der Waals surface area contributed by atoms with Crippen LogP contribution in [0.4, 0.5) is 0 Å². The number of aryl methyl sites for hydroxylation is 1. The fraction of sp³-hybridized carbons (Fsp3) is 0.267. The van der Waals surface area contributed by atoms with Gasteiger partial charge in [0.2, 0.25) is 0 Å². The van der Waals surface area contributed by atoms with E-state index in [4.69, 9.17) is 8.83 Å². The van der Waals surface area contributed by atoms with Crippen molar-refractivity contribution in [2.45, 2.75) is 25.7 Å². The fourth-order valence-electron chi connectivity index (χ4n) is 2.39. The van der Waals surface area contributed by atoms with Crippen molar-refractivity contribution in [2.75, 3.05) is 0 Å². The van der Waals surface area contributed by atoms with Crippen LogP contribution in [0.25, 0.3) is 6.08 Å². The minimum absolute atomic E-state index is 0.104. The molecule has 0 radical (unpaired) electrons. The molecule has 0 fully saturated rings. The van der Waals surface area contributed by atoms with E-state index < -0.39 is 5.63 Å². The molecule has 0 unspecified atom stereocenters. The Kier molecular flexibility index (Phi) is 2.99. The lowest BCUT2D eigenvalue weighted by molar-refractivity contribution is 0.417. The molecule has 0 bridgehead atoms. The Morgan fingerprint density at radius 1 is 1.37 bits per heavy atom. The van der Waals surface area contributed by atoms with Crippen molar-refractivity contribution >= 4 is 6.08 Å². The van der Waals surface area contributed by atoms with Gasteiger partial charge in [0.25, 0.3) is 0 Å². The molecular weight excluding hydrogens is 244 g/mol. The molecule has 1 N–H and O–H groups in total. The highest BCUT2D eigenvalue weighted by Crippen LogP contribution is 2.31. The third-order valence-electron chi connectivity index (χ3n) is 3.35. The number of hydrogen-bond acceptors (Lipinski definition) is 4. The first kappa shape index (κ1) is 11.8. The standard InChI is InChI=1S/C15H14O4/c16-14-11-6-2-8-13(11)19-15(17)12(14)7-1-4-10-5-3-9-18-10/h1,3-5,9,16H,2,6-8H2/b4-1+. The van der Waals surface area contributed by atoms with Gasteiger partial charge in [0.1, 0.15) is 17.3 Å². The van der Waals surface area contributed by atoms with Crippen LogP contribution in [0, 0.1) is 0 Å². The van der Waals surface area contributed by atoms with Gasteiger partial charge in [-0.1, -0.05) is 6.08 Å². The van der Waals surface area contributed by atoms with Crippen molar-refractivity contribution in [2.24, 2.45) is 0 Å². The van der Waals surface area contributed by atoms with Crippen LogP contribution < -0.4 is 5.63 Å². The maximum atomic E-state index is 11.8. The first-order chi connectivity index (χ1) is 9.25. The van der Waals surface area contributed by atoms with E-state index in [9.17, 15) is 9.90 Å². The monoisotopic (exact) mass is 258 g/mol. The van der Waals surface area contributed by atoms with E-state index >= 15 is 0 Å². The summed E-state index contributed by atoms with van der Waals surface area (Å²) >= 11 is 0. The molecule has 2 aromatic heterocycles. The predicted molar refractivity (Wildman–Crippen MR) is 70.1 cm³/mol. The highest BCUT2D eigenvalue weighted by atomic mass is 16.4. The third kappa shape index (κ3) is 2.21. The first-order valence-electron chi connectivity index (χ1n) is 6.32. The Morgan fingerprint density at radius 2 is 2.26 bits per heavy atom. The summed E-state index contributed by atoms with van der Waals surface area (Å²) in [6.07, 6.45) is 7.92. The normalized spacial score (nSPS) is 14.1. The molecule has 0 saturated carbocycles. The van der Waals surface area contributed by atoms with Crippen LogP contribution in [0.3, 0.4) is 0 Å². The van der Waals surface area contributed by atoms with Gasteiger partial charge in [-0.05, 0) is 31.1 Å². The summed E-state index contributed by atoms with van der Waals surface area (Å²) in [5, 5.41) is 10.1. The Morgan fingerprint density at radius 3 is 3.05 bits per heavy atom. The quantitative estimate of drug-likeness (QED) is 0.919. The average molecular weight is 258 g/mol. The second kappa shape index (κ2) is 4.80. The summed E-state index contributed by atoms with van der Waals surface area (Å²) in [5.41, 5.74) is 0.673. The van der Waals surface area contributed by atoms with Crippen molar-refractivity contribution in [1.29, 1.82) is 0 Å². The molecule has 98 valence electrons. The highest BCUT2D eigenvalue weighted by molar-refractivity contribution is 5.46. The number of hydrogen-bond donors (Lipinski definition) is 1. The smallest absolute Gasteiger partial charge is 0.343 e. The number of rotatable bonds is 3. The number of furan rings is 1. The van der Waals surface area contributed by atoms with Crippen LogP contribution in [-0.2, 0) is 19.3 Å². The molecule has 0 atom stereocenters. The molecule has 2 aromatic rings. The van der Waals surface area contributed by atoms with Gasteiger partial charge in [0, 0.05) is 18.4 Å². The summed E-state index contributed by atoms with van der Waals surface area (Å²) in [5.74, 6) is 1.46. The largest absolute Gasteiger partial charge is 0.507 e. The topological polar surface area (TPSA) is 63.6 Å². The van der Waals surface area contributed by atoms with Crippen LogP contribution >= 0.6 is 0 Å². The van der Waals surface area contributed by atoms with E-state index in [2.05, 4.69) is 0 Å². The van der Waals surface area contributed by atoms with Crippen molar-refractivity contribution in [3.63, 3.8) is 0 Å². The molecule has 0 aliphatic heterocycles. The Labute approximate surface area is 110 Å². The van der Waals surface area contributed by atoms with Crippen molar-refractivity contribution in [1.82, 2.24) is 0 Å². The molecule has 19 heavy (non-hydrogen) atoms. The van der Waals surface area contributed by atoms with E-state index in [-0.39, 0.29) is 5.75 Å². The zero-order valence-electron chi connectivity index (χ0n) is 10.4. The minimum Gasteiger partial charge on any atom is -0.507 e. The van der Waals surface area contributed by atoms with Crippen molar-refractivity contribution in [3.8, 4) is 5.75 Å². The maximum Gasteiger partial charge on any atom is 0.343 e. The van der Waals surface area contributed by atoms with Gasteiger partial charge in [0.15, 0.2) is 0 Å². The van der Waals surface area contributed by atoms with E-state index in [1.54, 1.807) is 24.5 Å². The summed E-state index contributed by atoms with van der Waals surface area (Å²) in [6.45, 7) is 0. The molecular formula is C15H14O4. The third-order valence-corrected chi connectivity index (χ3v) is 3.35. The molecule has 4 heteroatoms. The molecule has 4 nitrogen and oxygen atoms in total. The highest BCUT2D eigenvalue weighted by Gasteiger charge is 2.22. The van der Waals surface area contributed by atoms with Crippen LogP contribution in [0.1, 0.15) is 29.1 Å². The lowest BCUT2D eigenvalue weighted by atomic mass is 10.1. The molecule has 1 aliphatic rings. The van der Waals surface area contributed by atoms with Gasteiger partial charge in [-0.15, -0.1) is 0 Å². The van der Waals surface area contributed by atoms with Gasteiger partial charge >= 0.3 is 5.63 Å². The van der Waals surface area contributed by atoms with Gasteiger partial charge in [-0.25, -0.2) is 4.79 Å².